The van der Waals surface area contributed by atoms with Crippen LogP contribution in [-0.2, 0) is 5.88 Å². The molecule has 1 aromatic rings. The van der Waals surface area contributed by atoms with Crippen LogP contribution in [0.3, 0.4) is 0 Å². The molecular weight excluding hydrogens is 260 g/mol. The van der Waals surface area contributed by atoms with Crippen LogP contribution in [0.15, 0.2) is 6.20 Å². The molecule has 106 valence electrons. The fourth-order valence-electron chi connectivity index (χ4n) is 2.72. The van der Waals surface area contributed by atoms with Gasteiger partial charge in [0.15, 0.2) is 0 Å². The van der Waals surface area contributed by atoms with Crippen LogP contribution in [0.1, 0.15) is 31.5 Å². The van der Waals surface area contributed by atoms with Crippen LogP contribution < -0.4 is 4.90 Å². The van der Waals surface area contributed by atoms with E-state index in [4.69, 9.17) is 11.6 Å². The number of aryl methyl sites for hydroxylation is 1. The Balaban J connectivity index is 2.06. The molecule has 1 fully saturated rings. The summed E-state index contributed by atoms with van der Waals surface area (Å²) in [5.41, 5.74) is 2.01. The molecule has 1 aliphatic heterocycles. The van der Waals surface area contributed by atoms with Crippen LogP contribution in [-0.4, -0.2) is 47.1 Å². The molecule has 0 amide bonds. The first kappa shape index (κ1) is 14.5. The number of hydrogen-bond donors (Lipinski definition) is 0. The molecule has 19 heavy (non-hydrogen) atoms. The maximum Gasteiger partial charge on any atom is 0.225 e. The first-order valence-electron chi connectivity index (χ1n) is 7.07. The minimum atomic E-state index is 0.480. The van der Waals surface area contributed by atoms with Crippen molar-refractivity contribution in [3.63, 3.8) is 0 Å². The molecule has 1 aromatic heterocycles. The molecule has 1 atom stereocenters. The normalized spacial score (nSPS) is 19.4. The zero-order valence-electron chi connectivity index (χ0n) is 12.1. The van der Waals surface area contributed by atoms with E-state index in [1.54, 1.807) is 0 Å². The highest BCUT2D eigenvalue weighted by atomic mass is 35.5. The van der Waals surface area contributed by atoms with Crippen molar-refractivity contribution in [2.75, 3.05) is 31.1 Å². The van der Waals surface area contributed by atoms with Crippen molar-refractivity contribution in [3.8, 4) is 0 Å². The molecule has 2 heterocycles. The van der Waals surface area contributed by atoms with Gasteiger partial charge in [-0.2, -0.15) is 0 Å². The van der Waals surface area contributed by atoms with Crippen LogP contribution in [0, 0.1) is 6.92 Å². The van der Waals surface area contributed by atoms with Gasteiger partial charge in [0.2, 0.25) is 5.95 Å². The molecule has 1 unspecified atom stereocenters. The summed E-state index contributed by atoms with van der Waals surface area (Å²) < 4.78 is 0. The standard InChI is InChI=1S/C14H23ClN4/c1-4-18(5-2)13-6-7-19(10-13)14-16-9-12(8-15)11(3)17-14/h9,13H,4-8,10H2,1-3H3. The Kier molecular flexibility index (Phi) is 4.99. The molecule has 0 aliphatic carbocycles. The first-order valence-corrected chi connectivity index (χ1v) is 7.60. The van der Waals surface area contributed by atoms with E-state index in [9.17, 15) is 0 Å². The van der Waals surface area contributed by atoms with Gasteiger partial charge in [-0.3, -0.25) is 4.90 Å². The Labute approximate surface area is 120 Å². The molecule has 0 bridgehead atoms. The van der Waals surface area contributed by atoms with Gasteiger partial charge >= 0.3 is 0 Å². The number of halogens is 1. The second kappa shape index (κ2) is 6.53. The van der Waals surface area contributed by atoms with Crippen molar-refractivity contribution >= 4 is 17.5 Å². The molecular formula is C14H23ClN4. The molecule has 0 aromatic carbocycles. The molecule has 5 heteroatoms. The number of rotatable bonds is 5. The number of nitrogens with zero attached hydrogens (tertiary/aromatic N) is 4. The third kappa shape index (κ3) is 3.18. The minimum absolute atomic E-state index is 0.480. The Morgan fingerprint density at radius 1 is 1.42 bits per heavy atom. The van der Waals surface area contributed by atoms with Crippen molar-refractivity contribution in [2.45, 2.75) is 39.1 Å². The zero-order chi connectivity index (χ0) is 13.8. The Hall–Kier alpha value is -0.870. The van der Waals surface area contributed by atoms with Gasteiger partial charge in [-0.15, -0.1) is 11.6 Å². The largest absolute Gasteiger partial charge is 0.339 e. The van der Waals surface area contributed by atoms with Gasteiger partial charge in [-0.1, -0.05) is 13.8 Å². The van der Waals surface area contributed by atoms with E-state index in [-0.39, 0.29) is 0 Å². The quantitative estimate of drug-likeness (QED) is 0.777. The molecule has 2 rings (SSSR count). The van der Waals surface area contributed by atoms with Crippen molar-refractivity contribution in [1.82, 2.24) is 14.9 Å². The topological polar surface area (TPSA) is 32.3 Å². The van der Waals surface area contributed by atoms with Gasteiger partial charge in [-0.05, 0) is 26.4 Å². The third-order valence-electron chi connectivity index (χ3n) is 3.99. The zero-order valence-corrected chi connectivity index (χ0v) is 12.8. The van der Waals surface area contributed by atoms with Gasteiger partial charge < -0.3 is 4.90 Å². The number of alkyl halides is 1. The highest BCUT2D eigenvalue weighted by Crippen LogP contribution is 2.21. The lowest BCUT2D eigenvalue weighted by atomic mass is 10.2. The lowest BCUT2D eigenvalue weighted by Crippen LogP contribution is -2.37. The second-order valence-electron chi connectivity index (χ2n) is 5.02. The summed E-state index contributed by atoms with van der Waals surface area (Å²) in [7, 11) is 0. The van der Waals surface area contributed by atoms with Gasteiger partial charge in [-0.25, -0.2) is 9.97 Å². The van der Waals surface area contributed by atoms with Crippen LogP contribution in [0.2, 0.25) is 0 Å². The van der Waals surface area contributed by atoms with E-state index in [1.165, 1.54) is 6.42 Å². The van der Waals surface area contributed by atoms with Crippen LogP contribution >= 0.6 is 11.6 Å². The second-order valence-corrected chi connectivity index (χ2v) is 5.29. The number of aromatic nitrogens is 2. The summed E-state index contributed by atoms with van der Waals surface area (Å²) in [4.78, 5) is 13.8. The summed E-state index contributed by atoms with van der Waals surface area (Å²) in [5.74, 6) is 1.33. The lowest BCUT2D eigenvalue weighted by Gasteiger charge is -2.26. The maximum atomic E-state index is 5.85. The van der Waals surface area contributed by atoms with Gasteiger partial charge in [0, 0.05) is 36.6 Å². The molecule has 0 spiro atoms. The Morgan fingerprint density at radius 3 is 2.74 bits per heavy atom. The highest BCUT2D eigenvalue weighted by molar-refractivity contribution is 6.17. The summed E-state index contributed by atoms with van der Waals surface area (Å²) in [6.07, 6.45) is 3.05. The van der Waals surface area contributed by atoms with Crippen molar-refractivity contribution in [1.29, 1.82) is 0 Å². The fraction of sp³-hybridized carbons (Fsp3) is 0.714. The van der Waals surface area contributed by atoms with E-state index in [1.807, 2.05) is 13.1 Å². The minimum Gasteiger partial charge on any atom is -0.339 e. The van der Waals surface area contributed by atoms with E-state index in [0.717, 1.165) is 43.4 Å². The highest BCUT2D eigenvalue weighted by Gasteiger charge is 2.27. The SMILES string of the molecule is CCN(CC)C1CCN(c2ncc(CCl)c(C)n2)C1. The van der Waals surface area contributed by atoms with Crippen molar-refractivity contribution < 1.29 is 0 Å². The summed E-state index contributed by atoms with van der Waals surface area (Å²) in [5, 5.41) is 0. The molecule has 1 aliphatic rings. The first-order chi connectivity index (χ1) is 9.19. The van der Waals surface area contributed by atoms with Crippen LogP contribution in [0.25, 0.3) is 0 Å². The van der Waals surface area contributed by atoms with E-state index < -0.39 is 0 Å². The van der Waals surface area contributed by atoms with Crippen LogP contribution in [0.4, 0.5) is 5.95 Å². The molecule has 0 radical (unpaired) electrons. The Morgan fingerprint density at radius 2 is 2.16 bits per heavy atom. The fourth-order valence-corrected chi connectivity index (χ4v) is 2.99. The summed E-state index contributed by atoms with van der Waals surface area (Å²) in [6, 6.07) is 0.631. The number of hydrogen-bond acceptors (Lipinski definition) is 4. The van der Waals surface area contributed by atoms with Crippen LogP contribution in [0.5, 0.6) is 0 Å². The average Bonchev–Trinajstić information content (AvgIpc) is 2.90. The molecule has 0 saturated carbocycles. The molecule has 1 saturated heterocycles. The van der Waals surface area contributed by atoms with Gasteiger partial charge in [0.05, 0.1) is 5.88 Å². The molecule has 4 nitrogen and oxygen atoms in total. The maximum absolute atomic E-state index is 5.85. The predicted molar refractivity (Wildman–Crippen MR) is 79.9 cm³/mol. The monoisotopic (exact) mass is 282 g/mol. The van der Waals surface area contributed by atoms with Gasteiger partial charge in [0.25, 0.3) is 0 Å². The predicted octanol–water partition coefficient (Wildman–Crippen LogP) is 2.44. The van der Waals surface area contributed by atoms with E-state index in [0.29, 0.717) is 11.9 Å². The number of anilines is 1. The van der Waals surface area contributed by atoms with Gasteiger partial charge in [0.1, 0.15) is 0 Å². The smallest absolute Gasteiger partial charge is 0.225 e. The molecule has 0 N–H and O–H groups in total. The average molecular weight is 283 g/mol. The lowest BCUT2D eigenvalue weighted by molar-refractivity contribution is 0.232. The Bertz CT molecular complexity index is 420. The van der Waals surface area contributed by atoms with E-state index in [2.05, 4.69) is 33.6 Å². The van der Waals surface area contributed by atoms with Crippen molar-refractivity contribution in [2.24, 2.45) is 0 Å². The van der Waals surface area contributed by atoms with E-state index >= 15 is 0 Å². The summed E-state index contributed by atoms with van der Waals surface area (Å²) in [6.45, 7) is 10.7. The number of likely N-dealkylation sites (N-methyl/N-ethyl adjacent to an activating group) is 1. The van der Waals surface area contributed by atoms with Crippen molar-refractivity contribution in [3.05, 3.63) is 17.5 Å². The third-order valence-corrected chi connectivity index (χ3v) is 4.28. The summed E-state index contributed by atoms with van der Waals surface area (Å²) >= 11 is 5.85.